The Bertz CT molecular complexity index is 417. The minimum Gasteiger partial charge on any atom is -0.325 e. The summed E-state index contributed by atoms with van der Waals surface area (Å²) in [5.41, 5.74) is 2.30. The Kier molecular flexibility index (Phi) is 5.39. The van der Waals surface area contributed by atoms with Crippen LogP contribution < -0.4 is 10.6 Å². The van der Waals surface area contributed by atoms with Crippen LogP contribution in [0.1, 0.15) is 39.2 Å². The molecule has 4 heteroatoms. The first-order chi connectivity index (χ1) is 8.47. The second kappa shape index (κ2) is 6.40. The number of carbonyl (C=O) groups excluding carboxylic acids is 1. The van der Waals surface area contributed by atoms with Gasteiger partial charge in [0.25, 0.3) is 0 Å². The first-order valence-electron chi connectivity index (χ1n) is 6.61. The lowest BCUT2D eigenvalue weighted by molar-refractivity contribution is -0.117. The number of hydrogen-bond donors (Lipinski definition) is 2. The number of rotatable bonds is 2. The second-order valence-corrected chi connectivity index (χ2v) is 5.97. The molecule has 1 amide bonds. The highest BCUT2D eigenvalue weighted by Gasteiger charge is 2.22. The van der Waals surface area contributed by atoms with Crippen molar-refractivity contribution in [3.8, 4) is 0 Å². The van der Waals surface area contributed by atoms with Crippen LogP contribution in [0.15, 0.2) is 24.3 Å². The van der Waals surface area contributed by atoms with Crippen molar-refractivity contribution in [3.63, 3.8) is 0 Å². The number of nitrogens with one attached hydrogen (secondary N) is 2. The lowest BCUT2D eigenvalue weighted by Crippen LogP contribution is -2.35. The van der Waals surface area contributed by atoms with E-state index in [0.29, 0.717) is 0 Å². The number of halogens is 1. The lowest BCUT2D eigenvalue weighted by atomic mass is 9.87. The van der Waals surface area contributed by atoms with Gasteiger partial charge in [0, 0.05) is 5.69 Å². The molecule has 0 bridgehead atoms. The molecule has 3 nitrogen and oxygen atoms in total. The Morgan fingerprint density at radius 2 is 1.89 bits per heavy atom. The van der Waals surface area contributed by atoms with Gasteiger partial charge in [0.05, 0.1) is 6.04 Å². The van der Waals surface area contributed by atoms with Crippen molar-refractivity contribution in [1.29, 1.82) is 0 Å². The zero-order valence-electron chi connectivity index (χ0n) is 11.8. The maximum absolute atomic E-state index is 11.9. The van der Waals surface area contributed by atoms with Crippen molar-refractivity contribution in [2.45, 2.75) is 45.1 Å². The molecule has 1 heterocycles. The van der Waals surface area contributed by atoms with Crippen LogP contribution in [0.3, 0.4) is 0 Å². The average Bonchev–Trinajstić information content (AvgIpc) is 2.82. The van der Waals surface area contributed by atoms with E-state index >= 15 is 0 Å². The van der Waals surface area contributed by atoms with Crippen molar-refractivity contribution in [2.75, 3.05) is 11.9 Å². The molecule has 1 aliphatic heterocycles. The van der Waals surface area contributed by atoms with E-state index in [2.05, 4.69) is 43.5 Å². The Balaban J connectivity index is 0.00000180. The standard InChI is InChI=1S/C15H22N2O.ClH/c1-15(2,3)11-6-8-12(9-7-11)17-14(18)13-5-4-10-16-13;/h6-9,13,16H,4-5,10H2,1-3H3,(H,17,18);1H/t13-;/m0./s1. The van der Waals surface area contributed by atoms with E-state index in [4.69, 9.17) is 0 Å². The van der Waals surface area contributed by atoms with Gasteiger partial charge in [-0.1, -0.05) is 32.9 Å². The lowest BCUT2D eigenvalue weighted by Gasteiger charge is -2.19. The fourth-order valence-electron chi connectivity index (χ4n) is 2.19. The highest BCUT2D eigenvalue weighted by atomic mass is 35.5. The third kappa shape index (κ3) is 4.22. The van der Waals surface area contributed by atoms with E-state index in [-0.39, 0.29) is 29.8 Å². The predicted molar refractivity (Wildman–Crippen MR) is 82.0 cm³/mol. The Morgan fingerprint density at radius 1 is 1.26 bits per heavy atom. The van der Waals surface area contributed by atoms with Gasteiger partial charge in [0.15, 0.2) is 0 Å². The minimum absolute atomic E-state index is 0. The topological polar surface area (TPSA) is 41.1 Å². The van der Waals surface area contributed by atoms with Gasteiger partial charge in [-0.2, -0.15) is 0 Å². The Morgan fingerprint density at radius 3 is 2.37 bits per heavy atom. The van der Waals surface area contributed by atoms with E-state index < -0.39 is 0 Å². The fraction of sp³-hybridized carbons (Fsp3) is 0.533. The van der Waals surface area contributed by atoms with Crippen LogP contribution in [0.5, 0.6) is 0 Å². The fourth-order valence-corrected chi connectivity index (χ4v) is 2.19. The van der Waals surface area contributed by atoms with E-state index in [9.17, 15) is 4.79 Å². The molecule has 0 spiro atoms. The van der Waals surface area contributed by atoms with E-state index in [1.54, 1.807) is 0 Å². The van der Waals surface area contributed by atoms with Gasteiger partial charge in [-0.15, -0.1) is 12.4 Å². The zero-order chi connectivity index (χ0) is 13.2. The van der Waals surface area contributed by atoms with Gasteiger partial charge in [0.1, 0.15) is 0 Å². The molecule has 1 aromatic rings. The van der Waals surface area contributed by atoms with Gasteiger partial charge in [0.2, 0.25) is 5.91 Å². The zero-order valence-corrected chi connectivity index (χ0v) is 12.6. The van der Waals surface area contributed by atoms with Gasteiger partial charge >= 0.3 is 0 Å². The summed E-state index contributed by atoms with van der Waals surface area (Å²) in [6.45, 7) is 7.50. The first-order valence-corrected chi connectivity index (χ1v) is 6.61. The number of anilines is 1. The largest absolute Gasteiger partial charge is 0.325 e. The molecule has 2 rings (SSSR count). The first kappa shape index (κ1) is 16.0. The molecule has 0 saturated carbocycles. The number of amides is 1. The van der Waals surface area contributed by atoms with Gasteiger partial charge in [-0.05, 0) is 42.5 Å². The molecule has 1 aliphatic rings. The summed E-state index contributed by atoms with van der Waals surface area (Å²) in [6, 6.07) is 8.10. The second-order valence-electron chi connectivity index (χ2n) is 5.97. The van der Waals surface area contributed by atoms with Crippen LogP contribution in [-0.4, -0.2) is 18.5 Å². The quantitative estimate of drug-likeness (QED) is 0.875. The maximum atomic E-state index is 11.9. The minimum atomic E-state index is -0.0210. The summed E-state index contributed by atoms with van der Waals surface area (Å²) in [4.78, 5) is 11.9. The Hall–Kier alpha value is -1.06. The molecule has 0 aromatic heterocycles. The van der Waals surface area contributed by atoms with E-state index in [1.807, 2.05) is 12.1 Å². The van der Waals surface area contributed by atoms with Crippen molar-refractivity contribution in [1.82, 2.24) is 5.32 Å². The molecule has 0 aliphatic carbocycles. The SMILES string of the molecule is CC(C)(C)c1ccc(NC(=O)[C@@H]2CCCN2)cc1.Cl. The highest BCUT2D eigenvalue weighted by molar-refractivity contribution is 5.95. The summed E-state index contributed by atoms with van der Waals surface area (Å²) in [6.07, 6.45) is 2.02. The highest BCUT2D eigenvalue weighted by Crippen LogP contribution is 2.23. The number of hydrogen-bond acceptors (Lipinski definition) is 2. The normalized spacial score (nSPS) is 18.8. The van der Waals surface area contributed by atoms with Crippen molar-refractivity contribution >= 4 is 24.0 Å². The molecule has 106 valence electrons. The van der Waals surface area contributed by atoms with Crippen LogP contribution in [-0.2, 0) is 10.2 Å². The summed E-state index contributed by atoms with van der Waals surface area (Å²) in [7, 11) is 0. The van der Waals surface area contributed by atoms with Crippen LogP contribution in [0.4, 0.5) is 5.69 Å². The van der Waals surface area contributed by atoms with Crippen LogP contribution in [0.25, 0.3) is 0 Å². The average molecular weight is 283 g/mol. The van der Waals surface area contributed by atoms with Gasteiger partial charge in [-0.3, -0.25) is 4.79 Å². The van der Waals surface area contributed by atoms with Crippen molar-refractivity contribution in [2.24, 2.45) is 0 Å². The van der Waals surface area contributed by atoms with Gasteiger partial charge in [-0.25, -0.2) is 0 Å². The van der Waals surface area contributed by atoms with Crippen molar-refractivity contribution < 1.29 is 4.79 Å². The predicted octanol–water partition coefficient (Wildman–Crippen LogP) is 3.10. The molecular weight excluding hydrogens is 260 g/mol. The molecule has 1 fully saturated rings. The van der Waals surface area contributed by atoms with Gasteiger partial charge < -0.3 is 10.6 Å². The molecule has 1 atom stereocenters. The third-order valence-corrected chi connectivity index (χ3v) is 3.40. The van der Waals surface area contributed by atoms with Crippen LogP contribution in [0.2, 0.25) is 0 Å². The maximum Gasteiger partial charge on any atom is 0.241 e. The third-order valence-electron chi connectivity index (χ3n) is 3.40. The molecule has 19 heavy (non-hydrogen) atoms. The summed E-state index contributed by atoms with van der Waals surface area (Å²) in [5.74, 6) is 0.0796. The molecule has 1 aromatic carbocycles. The summed E-state index contributed by atoms with van der Waals surface area (Å²) >= 11 is 0. The number of carbonyl (C=O) groups is 1. The molecule has 1 saturated heterocycles. The monoisotopic (exact) mass is 282 g/mol. The Labute approximate surface area is 121 Å². The summed E-state index contributed by atoms with van der Waals surface area (Å²) in [5, 5.41) is 6.16. The molecule has 0 unspecified atom stereocenters. The van der Waals surface area contributed by atoms with Crippen LogP contribution >= 0.6 is 12.4 Å². The molecule has 2 N–H and O–H groups in total. The van der Waals surface area contributed by atoms with E-state index in [1.165, 1.54) is 5.56 Å². The smallest absolute Gasteiger partial charge is 0.241 e. The molecule has 0 radical (unpaired) electrons. The van der Waals surface area contributed by atoms with Crippen LogP contribution in [0, 0.1) is 0 Å². The summed E-state index contributed by atoms with van der Waals surface area (Å²) < 4.78 is 0. The molecular formula is C15H23ClN2O. The number of benzene rings is 1. The van der Waals surface area contributed by atoms with E-state index in [0.717, 1.165) is 25.1 Å². The van der Waals surface area contributed by atoms with Crippen molar-refractivity contribution in [3.05, 3.63) is 29.8 Å².